The van der Waals surface area contributed by atoms with Crippen LogP contribution in [-0.2, 0) is 0 Å². The fourth-order valence-electron chi connectivity index (χ4n) is 1.81. The number of H-pyrrole nitrogens is 1. The number of nitrogens with one attached hydrogen (secondary N) is 1. The topological polar surface area (TPSA) is 71.8 Å². The second-order valence-electron chi connectivity index (χ2n) is 4.59. The molecule has 6 heteroatoms. The van der Waals surface area contributed by atoms with Gasteiger partial charge in [0, 0.05) is 23.1 Å². The van der Waals surface area contributed by atoms with E-state index in [1.165, 1.54) is 30.0 Å². The summed E-state index contributed by atoms with van der Waals surface area (Å²) in [5, 5.41) is 0.533. The molecule has 0 saturated carbocycles. The maximum absolute atomic E-state index is 12.9. The van der Waals surface area contributed by atoms with Crippen LogP contribution in [0.2, 0.25) is 0 Å². The molecule has 0 amide bonds. The van der Waals surface area contributed by atoms with Crippen LogP contribution in [-0.4, -0.2) is 15.2 Å². The first-order valence-corrected chi connectivity index (χ1v) is 7.09. The molecule has 3 N–H and O–H groups in total. The van der Waals surface area contributed by atoms with Gasteiger partial charge in [0.05, 0.1) is 0 Å². The minimum absolute atomic E-state index is 0.00888. The van der Waals surface area contributed by atoms with Crippen LogP contribution >= 0.6 is 11.8 Å². The molecule has 0 fully saturated rings. The van der Waals surface area contributed by atoms with Crippen LogP contribution in [0.1, 0.15) is 24.2 Å². The van der Waals surface area contributed by atoms with Gasteiger partial charge in [0.25, 0.3) is 5.56 Å². The number of hydrogen-bond donors (Lipinski definition) is 2. The van der Waals surface area contributed by atoms with Crippen molar-refractivity contribution in [3.05, 3.63) is 57.8 Å². The maximum atomic E-state index is 12.9. The lowest BCUT2D eigenvalue weighted by molar-refractivity contribution is 0.624. The van der Waals surface area contributed by atoms with Gasteiger partial charge in [-0.1, -0.05) is 30.8 Å². The summed E-state index contributed by atoms with van der Waals surface area (Å²) >= 11 is 1.39. The lowest BCUT2D eigenvalue weighted by Gasteiger charge is -2.19. The number of hydrogen-bond acceptors (Lipinski definition) is 4. The summed E-state index contributed by atoms with van der Waals surface area (Å²) in [5.74, 6) is -0.286. The summed E-state index contributed by atoms with van der Waals surface area (Å²) in [5.41, 5.74) is 7.49. The Morgan fingerprint density at radius 3 is 2.60 bits per heavy atom. The summed E-state index contributed by atoms with van der Waals surface area (Å²) in [7, 11) is 0. The first-order chi connectivity index (χ1) is 9.45. The Kier molecular flexibility index (Phi) is 4.57. The van der Waals surface area contributed by atoms with E-state index < -0.39 is 0 Å². The van der Waals surface area contributed by atoms with Crippen molar-refractivity contribution >= 4 is 11.8 Å². The highest BCUT2D eigenvalue weighted by Gasteiger charge is 2.17. The Balaban J connectivity index is 2.12. The van der Waals surface area contributed by atoms with E-state index in [2.05, 4.69) is 9.97 Å². The molecule has 1 aromatic carbocycles. The molecule has 0 aliphatic heterocycles. The molecule has 0 saturated heterocycles. The molecular formula is C14H16FN3OS. The van der Waals surface area contributed by atoms with Gasteiger partial charge >= 0.3 is 0 Å². The van der Waals surface area contributed by atoms with E-state index in [1.807, 2.05) is 6.92 Å². The molecule has 1 heterocycles. The number of rotatable bonds is 4. The molecule has 2 aromatic rings. The quantitative estimate of drug-likeness (QED) is 0.670. The van der Waals surface area contributed by atoms with Crippen molar-refractivity contribution in [2.75, 3.05) is 0 Å². The third-order valence-corrected chi connectivity index (χ3v) is 3.99. The number of nitrogens with two attached hydrogens (primary N) is 1. The molecule has 106 valence electrons. The third-order valence-electron chi connectivity index (χ3n) is 2.91. The van der Waals surface area contributed by atoms with Crippen LogP contribution in [0.3, 0.4) is 0 Å². The van der Waals surface area contributed by atoms with Gasteiger partial charge in [-0.05, 0) is 24.6 Å². The first kappa shape index (κ1) is 14.7. The summed E-state index contributed by atoms with van der Waals surface area (Å²) in [6, 6.07) is 7.28. The highest BCUT2D eigenvalue weighted by Crippen LogP contribution is 2.28. The number of halogens is 1. The highest BCUT2D eigenvalue weighted by atomic mass is 32.2. The maximum Gasteiger partial charge on any atom is 0.251 e. The van der Waals surface area contributed by atoms with Crippen LogP contribution < -0.4 is 11.3 Å². The van der Waals surface area contributed by atoms with Crippen molar-refractivity contribution in [1.29, 1.82) is 0 Å². The van der Waals surface area contributed by atoms with Crippen molar-refractivity contribution in [3.63, 3.8) is 0 Å². The van der Waals surface area contributed by atoms with Crippen LogP contribution in [0.25, 0.3) is 0 Å². The molecule has 1 aromatic heterocycles. The zero-order valence-corrected chi connectivity index (χ0v) is 12.1. The monoisotopic (exact) mass is 293 g/mol. The van der Waals surface area contributed by atoms with Crippen molar-refractivity contribution in [3.8, 4) is 0 Å². The molecule has 0 aliphatic carbocycles. The zero-order chi connectivity index (χ0) is 14.7. The molecular weight excluding hydrogens is 277 g/mol. The summed E-state index contributed by atoms with van der Waals surface area (Å²) < 4.78 is 12.9. The fraction of sp³-hybridized carbons (Fsp3) is 0.286. The van der Waals surface area contributed by atoms with E-state index in [9.17, 15) is 9.18 Å². The van der Waals surface area contributed by atoms with E-state index in [4.69, 9.17) is 5.73 Å². The van der Waals surface area contributed by atoms with Crippen LogP contribution in [0.5, 0.6) is 0 Å². The predicted molar refractivity (Wildman–Crippen MR) is 78.2 cm³/mol. The zero-order valence-electron chi connectivity index (χ0n) is 11.3. The number of aromatic amines is 1. The number of aromatic nitrogens is 2. The van der Waals surface area contributed by atoms with Gasteiger partial charge in [-0.25, -0.2) is 9.37 Å². The molecule has 0 bridgehead atoms. The van der Waals surface area contributed by atoms with Gasteiger partial charge in [-0.3, -0.25) is 4.79 Å². The minimum Gasteiger partial charge on any atom is -0.323 e. The minimum atomic E-state index is -0.286. The largest absolute Gasteiger partial charge is 0.323 e. The van der Waals surface area contributed by atoms with Gasteiger partial charge in [0.1, 0.15) is 5.82 Å². The first-order valence-electron chi connectivity index (χ1n) is 6.21. The lowest BCUT2D eigenvalue weighted by Crippen LogP contribution is -2.22. The normalized spacial score (nSPS) is 14.0. The molecule has 20 heavy (non-hydrogen) atoms. The van der Waals surface area contributed by atoms with Gasteiger partial charge in [-0.2, -0.15) is 0 Å². The number of nitrogens with zero attached hydrogens (tertiary/aromatic N) is 1. The van der Waals surface area contributed by atoms with E-state index in [1.54, 1.807) is 19.1 Å². The Morgan fingerprint density at radius 2 is 2.00 bits per heavy atom. The summed E-state index contributed by atoms with van der Waals surface area (Å²) in [6.45, 7) is 3.71. The van der Waals surface area contributed by atoms with Crippen LogP contribution in [0.4, 0.5) is 4.39 Å². The Hall–Kier alpha value is -1.66. The van der Waals surface area contributed by atoms with E-state index in [0.29, 0.717) is 10.9 Å². The molecule has 4 nitrogen and oxygen atoms in total. The second-order valence-corrected chi connectivity index (χ2v) is 5.96. The highest BCUT2D eigenvalue weighted by molar-refractivity contribution is 7.99. The van der Waals surface area contributed by atoms with E-state index >= 15 is 0 Å². The molecule has 2 atom stereocenters. The number of thioether (sulfide) groups is 1. The SMILES string of the molecule is Cc1cc(=O)[nH]c(SC(C)C(N)c2ccc(F)cc2)n1. The van der Waals surface area contributed by atoms with E-state index in [-0.39, 0.29) is 22.7 Å². The van der Waals surface area contributed by atoms with Crippen molar-refractivity contribution in [1.82, 2.24) is 9.97 Å². The standard InChI is InChI=1S/C14H16FN3OS/c1-8-7-12(19)18-14(17-8)20-9(2)13(16)10-3-5-11(15)6-4-10/h3-7,9,13H,16H2,1-2H3,(H,17,18,19). The molecule has 0 aliphatic rings. The third kappa shape index (κ3) is 3.68. The predicted octanol–water partition coefficient (Wildman–Crippen LogP) is 2.40. The summed E-state index contributed by atoms with van der Waals surface area (Å²) in [6.07, 6.45) is 0. The van der Waals surface area contributed by atoms with Crippen LogP contribution in [0.15, 0.2) is 40.3 Å². The molecule has 2 rings (SSSR count). The van der Waals surface area contributed by atoms with Gasteiger partial charge in [-0.15, -0.1) is 0 Å². The fourth-order valence-corrected chi connectivity index (χ4v) is 2.82. The Morgan fingerprint density at radius 1 is 1.35 bits per heavy atom. The molecule has 2 unspecified atom stereocenters. The van der Waals surface area contributed by atoms with Gasteiger partial charge < -0.3 is 10.7 Å². The lowest BCUT2D eigenvalue weighted by atomic mass is 10.1. The number of aryl methyl sites for hydroxylation is 1. The molecule has 0 radical (unpaired) electrons. The van der Waals surface area contributed by atoms with Crippen molar-refractivity contribution < 1.29 is 4.39 Å². The smallest absolute Gasteiger partial charge is 0.251 e. The van der Waals surface area contributed by atoms with Gasteiger partial charge in [0.15, 0.2) is 5.16 Å². The van der Waals surface area contributed by atoms with Crippen LogP contribution in [0, 0.1) is 12.7 Å². The average molecular weight is 293 g/mol. The average Bonchev–Trinajstić information content (AvgIpc) is 2.37. The summed E-state index contributed by atoms with van der Waals surface area (Å²) in [4.78, 5) is 18.3. The Bertz CT molecular complexity index is 642. The van der Waals surface area contributed by atoms with Gasteiger partial charge in [0.2, 0.25) is 0 Å². The Labute approximate surface area is 120 Å². The molecule has 0 spiro atoms. The number of benzene rings is 1. The van der Waals surface area contributed by atoms with Crippen molar-refractivity contribution in [2.45, 2.75) is 30.3 Å². The van der Waals surface area contributed by atoms with E-state index in [0.717, 1.165) is 5.56 Å². The van der Waals surface area contributed by atoms with Crippen molar-refractivity contribution in [2.24, 2.45) is 5.73 Å². The second kappa shape index (κ2) is 6.19.